The summed E-state index contributed by atoms with van der Waals surface area (Å²) in [6, 6.07) is 3.38. The lowest BCUT2D eigenvalue weighted by molar-refractivity contribution is -0.190. The van der Waals surface area contributed by atoms with Gasteiger partial charge in [-0.05, 0) is 37.1 Å². The highest BCUT2D eigenvalue weighted by molar-refractivity contribution is 5.93. The summed E-state index contributed by atoms with van der Waals surface area (Å²) in [5.41, 5.74) is 1.08. The zero-order chi connectivity index (χ0) is 28.7. The fraction of sp³-hybridized carbons (Fsp3) is 0.480. The van der Waals surface area contributed by atoms with E-state index in [1.54, 1.807) is 12.1 Å². The van der Waals surface area contributed by atoms with Crippen LogP contribution in [0.25, 0.3) is 11.0 Å². The molecule has 13 heteroatoms. The molecule has 0 aliphatic carbocycles. The number of hydrogen-bond acceptors (Lipinski definition) is 11. The second-order valence-electron chi connectivity index (χ2n) is 8.55. The molecule has 0 radical (unpaired) electrons. The fourth-order valence-electron chi connectivity index (χ4n) is 3.74. The minimum atomic E-state index is -1.50. The molecule has 206 valence electrons. The van der Waals surface area contributed by atoms with Crippen molar-refractivity contribution in [3.05, 3.63) is 39.3 Å². The summed E-state index contributed by atoms with van der Waals surface area (Å²) in [5, 5.41) is 2.37. The SMILES string of the molecule is CNC(=O)c1nc2cc(C)c(C)cc2n(C[C@H](OC(C)=O)[C@H](OC(C)=O)[C@@H](COC(C)=O)OC(C)=O)c1=O. The first-order valence-corrected chi connectivity index (χ1v) is 11.6. The number of ether oxygens (including phenoxy) is 4. The van der Waals surface area contributed by atoms with Gasteiger partial charge in [-0.2, -0.15) is 0 Å². The van der Waals surface area contributed by atoms with Crippen LogP contribution in [-0.2, 0) is 44.7 Å². The summed E-state index contributed by atoms with van der Waals surface area (Å²) in [6.45, 7) is 7.09. The second-order valence-corrected chi connectivity index (χ2v) is 8.55. The van der Waals surface area contributed by atoms with Crippen LogP contribution in [-0.4, -0.2) is 71.3 Å². The molecule has 0 spiro atoms. The number of carbonyl (C=O) groups excluding carboxylic acids is 5. The van der Waals surface area contributed by atoms with Gasteiger partial charge in [-0.1, -0.05) is 0 Å². The first kappa shape index (κ1) is 29.9. The van der Waals surface area contributed by atoms with Gasteiger partial charge in [0.05, 0.1) is 17.6 Å². The standard InChI is InChI=1S/C25H31N3O10/c1-12-8-18-19(9-13(12)2)28(25(34)22(27-18)24(33)26-7)10-20(36-15(4)30)23(38-17(6)32)21(37-16(5)31)11-35-14(3)29/h8-9,20-21,23H,10-11H2,1-7H3,(H,26,33)/t20-,21+,23-/m0/s1. The van der Waals surface area contributed by atoms with Crippen molar-refractivity contribution >= 4 is 40.8 Å². The van der Waals surface area contributed by atoms with Gasteiger partial charge >= 0.3 is 23.9 Å². The van der Waals surface area contributed by atoms with Gasteiger partial charge in [0, 0.05) is 34.7 Å². The van der Waals surface area contributed by atoms with E-state index in [-0.39, 0.29) is 0 Å². The van der Waals surface area contributed by atoms with E-state index in [0.29, 0.717) is 11.0 Å². The van der Waals surface area contributed by atoms with E-state index in [9.17, 15) is 28.8 Å². The van der Waals surface area contributed by atoms with Crippen molar-refractivity contribution in [2.45, 2.75) is 66.4 Å². The third kappa shape index (κ3) is 7.60. The van der Waals surface area contributed by atoms with E-state index in [1.807, 2.05) is 13.8 Å². The Labute approximate surface area is 218 Å². The van der Waals surface area contributed by atoms with Crippen molar-refractivity contribution in [2.24, 2.45) is 0 Å². The summed E-state index contributed by atoms with van der Waals surface area (Å²) in [5.74, 6) is -3.86. The van der Waals surface area contributed by atoms with Crippen LogP contribution in [0.4, 0.5) is 0 Å². The van der Waals surface area contributed by atoms with Gasteiger partial charge in [-0.25, -0.2) is 4.98 Å². The monoisotopic (exact) mass is 533 g/mol. The van der Waals surface area contributed by atoms with E-state index in [0.717, 1.165) is 38.8 Å². The van der Waals surface area contributed by atoms with Crippen LogP contribution in [0.5, 0.6) is 0 Å². The van der Waals surface area contributed by atoms with Crippen LogP contribution in [0.1, 0.15) is 49.3 Å². The van der Waals surface area contributed by atoms with E-state index in [2.05, 4.69) is 10.3 Å². The summed E-state index contributed by atoms with van der Waals surface area (Å²) in [6.07, 6.45) is -4.31. The maximum atomic E-state index is 13.4. The Morgan fingerprint density at radius 3 is 1.95 bits per heavy atom. The van der Waals surface area contributed by atoms with Crippen molar-refractivity contribution in [2.75, 3.05) is 13.7 Å². The number of rotatable bonds is 10. The fourth-order valence-corrected chi connectivity index (χ4v) is 3.74. The molecule has 0 fully saturated rings. The van der Waals surface area contributed by atoms with Crippen molar-refractivity contribution in [1.29, 1.82) is 0 Å². The van der Waals surface area contributed by atoms with Crippen LogP contribution in [0.2, 0.25) is 0 Å². The number of benzene rings is 1. The molecule has 2 rings (SSSR count). The minimum absolute atomic E-state index is 0.313. The third-order valence-corrected chi connectivity index (χ3v) is 5.49. The zero-order valence-electron chi connectivity index (χ0n) is 22.3. The van der Waals surface area contributed by atoms with Crippen LogP contribution < -0.4 is 10.9 Å². The molecule has 1 N–H and O–H groups in total. The lowest BCUT2D eigenvalue weighted by atomic mass is 10.1. The van der Waals surface area contributed by atoms with Gasteiger partial charge in [0.2, 0.25) is 0 Å². The van der Waals surface area contributed by atoms with Gasteiger partial charge < -0.3 is 28.8 Å². The number of nitrogens with zero attached hydrogens (tertiary/aromatic N) is 2. The first-order valence-electron chi connectivity index (χ1n) is 11.6. The molecular formula is C25H31N3O10. The second kappa shape index (κ2) is 12.8. The number of carbonyl (C=O) groups is 5. The molecule has 13 nitrogen and oxygen atoms in total. The minimum Gasteiger partial charge on any atom is -0.462 e. The maximum Gasteiger partial charge on any atom is 0.303 e. The van der Waals surface area contributed by atoms with Crippen LogP contribution in [0, 0.1) is 13.8 Å². The number of amides is 1. The van der Waals surface area contributed by atoms with Gasteiger partial charge in [0.15, 0.2) is 24.0 Å². The molecule has 38 heavy (non-hydrogen) atoms. The highest BCUT2D eigenvalue weighted by Gasteiger charge is 2.39. The Hall–Kier alpha value is -4.29. The Bertz CT molecular complexity index is 1320. The van der Waals surface area contributed by atoms with E-state index in [4.69, 9.17) is 18.9 Å². The van der Waals surface area contributed by atoms with E-state index in [1.165, 1.54) is 11.6 Å². The third-order valence-electron chi connectivity index (χ3n) is 5.49. The highest BCUT2D eigenvalue weighted by atomic mass is 16.6. The van der Waals surface area contributed by atoms with Crippen LogP contribution in [0.3, 0.4) is 0 Å². The molecule has 0 aliphatic heterocycles. The first-order chi connectivity index (χ1) is 17.7. The predicted molar refractivity (Wildman–Crippen MR) is 132 cm³/mol. The summed E-state index contributed by atoms with van der Waals surface area (Å²) >= 11 is 0. The molecule has 0 unspecified atom stereocenters. The van der Waals surface area contributed by atoms with Crippen LogP contribution in [0.15, 0.2) is 16.9 Å². The quantitative estimate of drug-likeness (QED) is 0.337. The van der Waals surface area contributed by atoms with Crippen LogP contribution >= 0.6 is 0 Å². The summed E-state index contributed by atoms with van der Waals surface area (Å²) < 4.78 is 22.2. The molecule has 2 aromatic rings. The smallest absolute Gasteiger partial charge is 0.303 e. The Kier molecular flexibility index (Phi) is 10.1. The van der Waals surface area contributed by atoms with Gasteiger partial charge in [-0.15, -0.1) is 0 Å². The Balaban J connectivity index is 2.78. The van der Waals surface area contributed by atoms with Crippen molar-refractivity contribution in [3.63, 3.8) is 0 Å². The van der Waals surface area contributed by atoms with Crippen molar-refractivity contribution < 1.29 is 42.9 Å². The van der Waals surface area contributed by atoms with Gasteiger partial charge in [0.1, 0.15) is 6.61 Å². The number of nitrogens with one attached hydrogen (secondary N) is 1. The summed E-state index contributed by atoms with van der Waals surface area (Å²) in [4.78, 5) is 77.5. The Morgan fingerprint density at radius 1 is 0.868 bits per heavy atom. The molecule has 1 amide bonds. The van der Waals surface area contributed by atoms with Crippen molar-refractivity contribution in [1.82, 2.24) is 14.9 Å². The van der Waals surface area contributed by atoms with Gasteiger partial charge in [-0.3, -0.25) is 28.8 Å². The van der Waals surface area contributed by atoms with Gasteiger partial charge in [0.25, 0.3) is 11.5 Å². The van der Waals surface area contributed by atoms with E-state index >= 15 is 0 Å². The lowest BCUT2D eigenvalue weighted by Crippen LogP contribution is -2.50. The number of esters is 4. The molecule has 1 aromatic carbocycles. The topological polar surface area (TPSA) is 169 Å². The Morgan fingerprint density at radius 2 is 1.42 bits per heavy atom. The summed E-state index contributed by atoms with van der Waals surface area (Å²) in [7, 11) is 1.34. The normalized spacial score (nSPS) is 13.1. The molecule has 0 bridgehead atoms. The molecule has 0 aliphatic rings. The number of fused-ring (bicyclic) bond motifs is 1. The highest BCUT2D eigenvalue weighted by Crippen LogP contribution is 2.21. The number of aryl methyl sites for hydroxylation is 2. The zero-order valence-corrected chi connectivity index (χ0v) is 22.3. The molecule has 0 saturated carbocycles. The largest absolute Gasteiger partial charge is 0.462 e. The molecule has 3 atom stereocenters. The average molecular weight is 534 g/mol. The molecule has 0 saturated heterocycles. The van der Waals surface area contributed by atoms with E-state index < -0.39 is 72.5 Å². The molecular weight excluding hydrogens is 502 g/mol. The number of aromatic nitrogens is 2. The lowest BCUT2D eigenvalue weighted by Gasteiger charge is -2.32. The number of hydrogen-bond donors (Lipinski definition) is 1. The van der Waals surface area contributed by atoms with Crippen molar-refractivity contribution in [3.8, 4) is 0 Å². The molecule has 1 aromatic heterocycles. The molecule has 1 heterocycles. The maximum absolute atomic E-state index is 13.4. The average Bonchev–Trinajstić information content (AvgIpc) is 2.81. The predicted octanol–water partition coefficient (Wildman–Crippen LogP) is 0.731.